The molecule has 0 atom stereocenters. The van der Waals surface area contributed by atoms with Crippen molar-refractivity contribution < 1.29 is 19.1 Å². The fraction of sp³-hybridized carbons (Fsp3) is 0.273. The summed E-state index contributed by atoms with van der Waals surface area (Å²) in [7, 11) is 3.05. The summed E-state index contributed by atoms with van der Waals surface area (Å²) in [5.74, 6) is -0.0153. The van der Waals surface area contributed by atoms with Crippen LogP contribution in [0.15, 0.2) is 53.2 Å². The van der Waals surface area contributed by atoms with Gasteiger partial charge in [0.1, 0.15) is 22.2 Å². The number of methoxy groups -OCH3 is 2. The molecule has 2 aromatic rings. The third kappa shape index (κ3) is 4.22. The fourth-order valence-corrected chi connectivity index (χ4v) is 3.29. The van der Waals surface area contributed by atoms with E-state index in [1.165, 1.54) is 7.11 Å². The zero-order valence-electron chi connectivity index (χ0n) is 16.6. The molecule has 0 spiro atoms. The number of aryl methyl sites for hydroxylation is 1. The highest BCUT2D eigenvalue weighted by Gasteiger charge is 2.39. The Bertz CT molecular complexity index is 954. The van der Waals surface area contributed by atoms with E-state index < -0.39 is 11.8 Å². The highest BCUT2D eigenvalue weighted by Crippen LogP contribution is 2.34. The molecule has 0 saturated carbocycles. The van der Waals surface area contributed by atoms with E-state index >= 15 is 0 Å². The number of unbranched alkanes of at least 4 members (excludes halogenated alkanes) is 1. The van der Waals surface area contributed by atoms with Gasteiger partial charge in [0, 0.05) is 6.07 Å². The van der Waals surface area contributed by atoms with Crippen molar-refractivity contribution in [2.45, 2.75) is 26.2 Å². The lowest BCUT2D eigenvalue weighted by Crippen LogP contribution is -2.32. The SMILES string of the molecule is CCCCc1ccc(N2C(=O)C(Cl)=C(Nc3ccc(OC)cc3OC)C2=O)cc1. The number of hydrogen-bond donors (Lipinski definition) is 1. The number of imide groups is 1. The number of rotatable bonds is 8. The molecule has 0 aliphatic carbocycles. The number of benzene rings is 2. The molecule has 0 aromatic heterocycles. The quantitative estimate of drug-likeness (QED) is 0.645. The third-order valence-electron chi connectivity index (χ3n) is 4.71. The van der Waals surface area contributed by atoms with Crippen LogP contribution in [-0.4, -0.2) is 26.0 Å². The van der Waals surface area contributed by atoms with Gasteiger partial charge in [0.2, 0.25) is 0 Å². The molecule has 0 saturated heterocycles. The van der Waals surface area contributed by atoms with Gasteiger partial charge in [0.25, 0.3) is 11.8 Å². The number of amides is 2. The van der Waals surface area contributed by atoms with Crippen LogP contribution < -0.4 is 19.7 Å². The number of hydrogen-bond acceptors (Lipinski definition) is 5. The summed E-state index contributed by atoms with van der Waals surface area (Å²) in [6.07, 6.45) is 3.15. The number of nitrogens with one attached hydrogen (secondary N) is 1. The minimum atomic E-state index is -0.562. The van der Waals surface area contributed by atoms with Crippen molar-refractivity contribution in [2.75, 3.05) is 24.4 Å². The lowest BCUT2D eigenvalue weighted by Gasteiger charge is -2.16. The molecule has 3 rings (SSSR count). The minimum absolute atomic E-state index is 0.00944. The van der Waals surface area contributed by atoms with Gasteiger partial charge < -0.3 is 14.8 Å². The largest absolute Gasteiger partial charge is 0.497 e. The first-order valence-corrected chi connectivity index (χ1v) is 9.74. The number of carbonyl (C=O) groups excluding carboxylic acids is 2. The number of anilines is 2. The van der Waals surface area contributed by atoms with Crippen LogP contribution in [0.1, 0.15) is 25.3 Å². The number of nitrogens with zero attached hydrogens (tertiary/aromatic N) is 1. The van der Waals surface area contributed by atoms with E-state index in [0.717, 1.165) is 29.7 Å². The summed E-state index contributed by atoms with van der Waals surface area (Å²) in [5.41, 5.74) is 2.15. The van der Waals surface area contributed by atoms with Crippen LogP contribution in [0.4, 0.5) is 11.4 Å². The normalized spacial score (nSPS) is 13.9. The highest BCUT2D eigenvalue weighted by atomic mass is 35.5. The van der Waals surface area contributed by atoms with Crippen molar-refractivity contribution in [3.8, 4) is 11.5 Å². The molecular weight excluding hydrogens is 392 g/mol. The smallest absolute Gasteiger partial charge is 0.283 e. The Balaban J connectivity index is 1.84. The molecule has 7 heteroatoms. The highest BCUT2D eigenvalue weighted by molar-refractivity contribution is 6.53. The second-order valence-electron chi connectivity index (χ2n) is 6.60. The van der Waals surface area contributed by atoms with Gasteiger partial charge in [-0.15, -0.1) is 0 Å². The average Bonchev–Trinajstić information content (AvgIpc) is 2.96. The Morgan fingerprint density at radius 2 is 1.72 bits per heavy atom. The molecule has 6 nitrogen and oxygen atoms in total. The maximum Gasteiger partial charge on any atom is 0.283 e. The van der Waals surface area contributed by atoms with E-state index in [2.05, 4.69) is 12.2 Å². The topological polar surface area (TPSA) is 67.9 Å². The second-order valence-corrected chi connectivity index (χ2v) is 6.97. The number of halogens is 1. The number of carbonyl (C=O) groups is 2. The summed E-state index contributed by atoms with van der Waals surface area (Å²) >= 11 is 6.21. The molecule has 0 fully saturated rings. The zero-order valence-corrected chi connectivity index (χ0v) is 17.4. The van der Waals surface area contributed by atoms with Crippen molar-refractivity contribution in [2.24, 2.45) is 0 Å². The lowest BCUT2D eigenvalue weighted by molar-refractivity contribution is -0.120. The summed E-state index contributed by atoms with van der Waals surface area (Å²) in [5, 5.41) is 2.77. The summed E-state index contributed by atoms with van der Waals surface area (Å²) in [6.45, 7) is 2.13. The first kappa shape index (κ1) is 20.7. The Labute approximate surface area is 175 Å². The second kappa shape index (κ2) is 9.01. The van der Waals surface area contributed by atoms with Gasteiger partial charge in [-0.25, -0.2) is 4.90 Å². The molecule has 2 amide bonds. The molecule has 1 heterocycles. The van der Waals surface area contributed by atoms with Gasteiger partial charge in [-0.3, -0.25) is 9.59 Å². The van der Waals surface area contributed by atoms with Crippen molar-refractivity contribution in [3.63, 3.8) is 0 Å². The predicted octanol–water partition coefficient (Wildman–Crippen LogP) is 4.48. The van der Waals surface area contributed by atoms with Crippen LogP contribution in [0.3, 0.4) is 0 Å². The molecule has 1 aliphatic heterocycles. The molecular formula is C22H23ClN2O4. The standard InChI is InChI=1S/C22H23ClN2O4/c1-4-5-6-14-7-9-15(10-8-14)25-21(26)19(23)20(22(25)27)24-17-12-11-16(28-2)13-18(17)29-3/h7-13,24H,4-6H2,1-3H3. The van der Waals surface area contributed by atoms with E-state index in [4.69, 9.17) is 21.1 Å². The summed E-state index contributed by atoms with van der Waals surface area (Å²) < 4.78 is 10.5. The first-order valence-electron chi connectivity index (χ1n) is 9.36. The van der Waals surface area contributed by atoms with Crippen molar-refractivity contribution >= 4 is 34.8 Å². The van der Waals surface area contributed by atoms with Crippen molar-refractivity contribution in [3.05, 3.63) is 58.8 Å². The maximum absolute atomic E-state index is 12.9. The lowest BCUT2D eigenvalue weighted by atomic mass is 10.1. The first-order chi connectivity index (χ1) is 14.0. The number of ether oxygens (including phenoxy) is 2. The van der Waals surface area contributed by atoms with E-state index in [9.17, 15) is 9.59 Å². The van der Waals surface area contributed by atoms with E-state index in [-0.39, 0.29) is 10.7 Å². The third-order valence-corrected chi connectivity index (χ3v) is 5.06. The molecule has 2 aromatic carbocycles. The van der Waals surface area contributed by atoms with Crippen molar-refractivity contribution in [1.82, 2.24) is 0 Å². The van der Waals surface area contributed by atoms with E-state index in [1.807, 2.05) is 12.1 Å². The molecule has 0 radical (unpaired) electrons. The average molecular weight is 415 g/mol. The summed E-state index contributed by atoms with van der Waals surface area (Å²) in [4.78, 5) is 26.7. The summed E-state index contributed by atoms with van der Waals surface area (Å²) in [6, 6.07) is 12.5. The maximum atomic E-state index is 12.9. The monoisotopic (exact) mass is 414 g/mol. The molecule has 1 N–H and O–H groups in total. The van der Waals surface area contributed by atoms with Crippen LogP contribution in [0.5, 0.6) is 11.5 Å². The molecule has 1 aliphatic rings. The predicted molar refractivity (Wildman–Crippen MR) is 114 cm³/mol. The van der Waals surface area contributed by atoms with Crippen LogP contribution in [0.25, 0.3) is 0 Å². The molecule has 0 bridgehead atoms. The van der Waals surface area contributed by atoms with Gasteiger partial charge in [0.05, 0.1) is 25.6 Å². The van der Waals surface area contributed by atoms with E-state index in [0.29, 0.717) is 22.9 Å². The van der Waals surface area contributed by atoms with Crippen LogP contribution in [0, 0.1) is 0 Å². The molecule has 0 unspecified atom stereocenters. The molecule has 29 heavy (non-hydrogen) atoms. The van der Waals surface area contributed by atoms with Crippen LogP contribution in [0.2, 0.25) is 0 Å². The van der Waals surface area contributed by atoms with Crippen molar-refractivity contribution in [1.29, 1.82) is 0 Å². The Hall–Kier alpha value is -2.99. The zero-order chi connectivity index (χ0) is 21.0. The van der Waals surface area contributed by atoms with Gasteiger partial charge >= 0.3 is 0 Å². The fourth-order valence-electron chi connectivity index (χ4n) is 3.07. The van der Waals surface area contributed by atoms with E-state index in [1.54, 1.807) is 37.4 Å². The van der Waals surface area contributed by atoms with Crippen LogP contribution in [-0.2, 0) is 16.0 Å². The van der Waals surface area contributed by atoms with Gasteiger partial charge in [-0.2, -0.15) is 0 Å². The Morgan fingerprint density at radius 3 is 2.34 bits per heavy atom. The Kier molecular flexibility index (Phi) is 6.44. The minimum Gasteiger partial charge on any atom is -0.497 e. The van der Waals surface area contributed by atoms with Gasteiger partial charge in [0.15, 0.2) is 0 Å². The van der Waals surface area contributed by atoms with Crippen LogP contribution >= 0.6 is 11.6 Å². The van der Waals surface area contributed by atoms with Gasteiger partial charge in [-0.1, -0.05) is 37.1 Å². The Morgan fingerprint density at radius 1 is 1.00 bits per heavy atom. The van der Waals surface area contributed by atoms with Gasteiger partial charge in [-0.05, 0) is 42.7 Å². The molecule has 152 valence electrons.